The van der Waals surface area contributed by atoms with Crippen molar-refractivity contribution in [1.29, 1.82) is 0 Å². The highest BCUT2D eigenvalue weighted by Gasteiger charge is 2.64. The average molecular weight is 485 g/mol. The van der Waals surface area contributed by atoms with Crippen LogP contribution in [0.1, 0.15) is 91.9 Å². The molecular formula is C27H49O5P. The Labute approximate surface area is 201 Å². The van der Waals surface area contributed by atoms with Gasteiger partial charge in [0.15, 0.2) is 0 Å². The van der Waals surface area contributed by atoms with Crippen LogP contribution in [0.5, 0.6) is 0 Å². The van der Waals surface area contributed by atoms with Crippen LogP contribution in [0, 0.1) is 52.3 Å². The van der Waals surface area contributed by atoms with Crippen LogP contribution in [-0.2, 0) is 9.09 Å². The molecule has 5 nitrogen and oxygen atoms in total. The predicted octanol–water partition coefficient (Wildman–Crippen LogP) is 5.86. The first-order chi connectivity index (χ1) is 15.5. The van der Waals surface area contributed by atoms with Gasteiger partial charge in [-0.1, -0.05) is 34.1 Å². The molecular weight excluding hydrogens is 435 g/mol. The van der Waals surface area contributed by atoms with Crippen LogP contribution in [-0.4, -0.2) is 40.6 Å². The summed E-state index contributed by atoms with van der Waals surface area (Å²) in [7, 11) is -2.10. The van der Waals surface area contributed by atoms with E-state index in [0.717, 1.165) is 38.5 Å². The fourth-order valence-electron chi connectivity index (χ4n) is 9.84. The van der Waals surface area contributed by atoms with Gasteiger partial charge in [0.05, 0.1) is 12.2 Å². The van der Waals surface area contributed by atoms with Crippen molar-refractivity contribution in [3.05, 3.63) is 0 Å². The Morgan fingerprint density at radius 2 is 1.70 bits per heavy atom. The van der Waals surface area contributed by atoms with Crippen LogP contribution in [0.4, 0.5) is 0 Å². The molecule has 33 heavy (non-hydrogen) atoms. The fraction of sp³-hybridized carbons (Fsp3) is 1.00. The zero-order chi connectivity index (χ0) is 24.2. The van der Waals surface area contributed by atoms with E-state index in [-0.39, 0.29) is 29.2 Å². The lowest BCUT2D eigenvalue weighted by Crippen LogP contribution is -2.62. The number of aliphatic hydroxyl groups excluding tert-OH is 2. The minimum absolute atomic E-state index is 0.196. The van der Waals surface area contributed by atoms with Gasteiger partial charge in [0.25, 0.3) is 0 Å². The van der Waals surface area contributed by atoms with Gasteiger partial charge in [-0.2, -0.15) is 0 Å². The van der Waals surface area contributed by atoms with E-state index in [0.29, 0.717) is 41.4 Å². The van der Waals surface area contributed by atoms with Crippen molar-refractivity contribution in [3.63, 3.8) is 0 Å². The number of fused-ring (bicyclic) bond motifs is 5. The summed E-state index contributed by atoms with van der Waals surface area (Å²) in [6.45, 7) is 9.57. The highest BCUT2D eigenvalue weighted by molar-refractivity contribution is 7.52. The first kappa shape index (κ1) is 26.1. The number of rotatable bonds is 7. The quantitative estimate of drug-likeness (QED) is 0.394. The van der Waals surface area contributed by atoms with Gasteiger partial charge in [0.2, 0.25) is 0 Å². The summed E-state index contributed by atoms with van der Waals surface area (Å²) in [5.74, 6) is 3.41. The largest absolute Gasteiger partial charge is 0.393 e. The van der Waals surface area contributed by atoms with Crippen molar-refractivity contribution < 1.29 is 24.2 Å². The van der Waals surface area contributed by atoms with Crippen molar-refractivity contribution in [2.45, 2.75) is 104 Å². The van der Waals surface area contributed by atoms with Crippen LogP contribution < -0.4 is 0 Å². The zero-order valence-electron chi connectivity index (χ0n) is 21.6. The van der Waals surface area contributed by atoms with Crippen molar-refractivity contribution >= 4 is 7.60 Å². The van der Waals surface area contributed by atoms with Gasteiger partial charge in [-0.25, -0.2) is 0 Å². The predicted molar refractivity (Wildman–Crippen MR) is 132 cm³/mol. The SMILES string of the molecule is CC[C@H]1[C@@H](O)C2C3CC[C@H]([C@H](C)CCCP(=O)(O)OC)C3(C)CCC2C2(C)CC[C@@H](O)C[C@@H]12. The summed E-state index contributed by atoms with van der Waals surface area (Å²) in [5.41, 5.74) is 0.499. The number of aliphatic hydroxyl groups is 2. The number of hydrogen-bond donors (Lipinski definition) is 3. The molecule has 192 valence electrons. The lowest BCUT2D eigenvalue weighted by Gasteiger charge is -2.64. The summed E-state index contributed by atoms with van der Waals surface area (Å²) < 4.78 is 16.7. The third-order valence-electron chi connectivity index (χ3n) is 11.5. The van der Waals surface area contributed by atoms with Crippen LogP contribution >= 0.6 is 7.60 Å². The molecule has 3 N–H and O–H groups in total. The average Bonchev–Trinajstić information content (AvgIpc) is 3.12. The lowest BCUT2D eigenvalue weighted by atomic mass is 9.41. The first-order valence-corrected chi connectivity index (χ1v) is 15.5. The molecule has 4 aliphatic carbocycles. The van der Waals surface area contributed by atoms with E-state index in [1.807, 2.05) is 0 Å². The summed E-state index contributed by atoms with van der Waals surface area (Å²) in [6.07, 6.45) is 10.3. The second kappa shape index (κ2) is 9.51. The molecule has 0 aromatic carbocycles. The minimum Gasteiger partial charge on any atom is -0.393 e. The van der Waals surface area contributed by atoms with Gasteiger partial charge in [-0.15, -0.1) is 0 Å². The van der Waals surface area contributed by atoms with Gasteiger partial charge >= 0.3 is 7.60 Å². The molecule has 6 heteroatoms. The highest BCUT2D eigenvalue weighted by Crippen LogP contribution is 2.69. The molecule has 12 atom stereocenters. The Kier molecular flexibility index (Phi) is 7.53. The van der Waals surface area contributed by atoms with Crippen molar-refractivity contribution in [3.8, 4) is 0 Å². The van der Waals surface area contributed by atoms with E-state index in [4.69, 9.17) is 4.52 Å². The maximum Gasteiger partial charge on any atom is 0.327 e. The van der Waals surface area contributed by atoms with E-state index in [2.05, 4.69) is 27.7 Å². The molecule has 0 aromatic rings. The standard InChI is InChI=1S/C27H49O5P/c1-6-19-23-16-18(28)11-13-27(23,4)22-12-14-26(3)20(9-10-21(26)24(22)25(19)29)17(2)8-7-15-33(30,31)32-5/h17-25,28-29H,6-16H2,1-5H3,(H,30,31)/t17-,18-,19-,20-,21?,22?,23+,24?,25-,26?,27?/m1/s1. The Balaban J connectivity index is 1.53. The summed E-state index contributed by atoms with van der Waals surface area (Å²) in [5, 5.41) is 22.3. The van der Waals surface area contributed by atoms with Crippen molar-refractivity contribution in [2.75, 3.05) is 13.3 Å². The molecule has 0 aliphatic heterocycles. The van der Waals surface area contributed by atoms with Crippen LogP contribution in [0.15, 0.2) is 0 Å². The van der Waals surface area contributed by atoms with E-state index in [1.54, 1.807) is 0 Å². The van der Waals surface area contributed by atoms with E-state index < -0.39 is 7.60 Å². The molecule has 0 saturated heterocycles. The molecule has 6 unspecified atom stereocenters. The molecule has 4 aliphatic rings. The fourth-order valence-corrected chi connectivity index (χ4v) is 10.6. The normalized spacial score (nSPS) is 50.1. The van der Waals surface area contributed by atoms with E-state index in [1.165, 1.54) is 32.8 Å². The Morgan fingerprint density at radius 3 is 2.36 bits per heavy atom. The molecule has 0 bridgehead atoms. The Bertz CT molecular complexity index is 744. The molecule has 0 radical (unpaired) electrons. The van der Waals surface area contributed by atoms with Crippen LogP contribution in [0.25, 0.3) is 0 Å². The van der Waals surface area contributed by atoms with Gasteiger partial charge < -0.3 is 19.6 Å². The minimum atomic E-state index is -3.42. The number of hydrogen-bond acceptors (Lipinski definition) is 4. The van der Waals surface area contributed by atoms with Crippen molar-refractivity contribution in [1.82, 2.24) is 0 Å². The highest BCUT2D eigenvalue weighted by atomic mass is 31.2. The smallest absolute Gasteiger partial charge is 0.327 e. The molecule has 0 amide bonds. The second-order valence-corrected chi connectivity index (χ2v) is 14.9. The topological polar surface area (TPSA) is 87.0 Å². The van der Waals surface area contributed by atoms with Crippen LogP contribution in [0.3, 0.4) is 0 Å². The summed E-state index contributed by atoms with van der Waals surface area (Å²) in [6, 6.07) is 0. The molecule has 0 aromatic heterocycles. The molecule has 4 rings (SSSR count). The first-order valence-electron chi connectivity index (χ1n) is 13.7. The second-order valence-electron chi connectivity index (χ2n) is 12.8. The summed E-state index contributed by atoms with van der Waals surface area (Å²) in [4.78, 5) is 9.77. The Hall–Kier alpha value is 0.0700. The van der Waals surface area contributed by atoms with Crippen molar-refractivity contribution in [2.24, 2.45) is 52.3 Å². The lowest BCUT2D eigenvalue weighted by molar-refractivity contribution is -0.203. The van der Waals surface area contributed by atoms with Gasteiger partial charge in [0, 0.05) is 13.3 Å². The third kappa shape index (κ3) is 4.41. The van der Waals surface area contributed by atoms with E-state index in [9.17, 15) is 19.7 Å². The van der Waals surface area contributed by atoms with Gasteiger partial charge in [0.1, 0.15) is 0 Å². The Morgan fingerprint density at radius 1 is 1.03 bits per heavy atom. The molecule has 4 saturated carbocycles. The van der Waals surface area contributed by atoms with Gasteiger partial charge in [-0.05, 0) is 110 Å². The summed E-state index contributed by atoms with van der Waals surface area (Å²) >= 11 is 0. The van der Waals surface area contributed by atoms with E-state index >= 15 is 0 Å². The maximum absolute atomic E-state index is 11.9. The van der Waals surface area contributed by atoms with Gasteiger partial charge in [-0.3, -0.25) is 4.57 Å². The monoisotopic (exact) mass is 484 g/mol. The molecule has 4 fully saturated rings. The zero-order valence-corrected chi connectivity index (χ0v) is 22.5. The van der Waals surface area contributed by atoms with Crippen LogP contribution in [0.2, 0.25) is 0 Å². The molecule has 0 spiro atoms. The maximum atomic E-state index is 11.9. The third-order valence-corrected chi connectivity index (χ3v) is 13.0. The molecule has 0 heterocycles.